The largest absolute Gasteiger partial charge is 0.423 e. The number of hydrogen-bond acceptors (Lipinski definition) is 12. The third kappa shape index (κ3) is 9.78. The smallest absolute Gasteiger partial charge is 0.287 e. The minimum absolute atomic E-state index is 0.199. The quantitative estimate of drug-likeness (QED) is 0.0917. The number of rotatable bonds is 15. The lowest BCUT2D eigenvalue weighted by Crippen LogP contribution is -2.28. The van der Waals surface area contributed by atoms with Crippen LogP contribution in [0.15, 0.2) is 113 Å². The Labute approximate surface area is 343 Å². The molecule has 0 unspecified atom stereocenters. The molecule has 0 spiro atoms. The second kappa shape index (κ2) is 19.5. The van der Waals surface area contributed by atoms with Crippen LogP contribution >= 0.6 is 0 Å². The van der Waals surface area contributed by atoms with Gasteiger partial charge in [0.05, 0.1) is 33.5 Å². The van der Waals surface area contributed by atoms with Gasteiger partial charge in [-0.3, -0.25) is 9.59 Å². The average molecular weight is 797 g/mol. The van der Waals surface area contributed by atoms with E-state index in [0.29, 0.717) is 45.9 Å². The fraction of sp³-hybridized carbons (Fsp3) is 0.289. The Morgan fingerprint density at radius 1 is 0.593 bits per heavy atom. The Morgan fingerprint density at radius 2 is 1.05 bits per heavy atom. The van der Waals surface area contributed by atoms with Gasteiger partial charge >= 0.3 is 0 Å². The highest BCUT2D eigenvalue weighted by Gasteiger charge is 2.15. The number of aromatic nitrogens is 6. The summed E-state index contributed by atoms with van der Waals surface area (Å²) in [5.74, 6) is 0. The van der Waals surface area contributed by atoms with E-state index in [-0.39, 0.29) is 17.8 Å². The molecule has 306 valence electrons. The first kappa shape index (κ1) is 41.7. The van der Waals surface area contributed by atoms with Crippen LogP contribution in [-0.2, 0) is 19.7 Å². The number of fused-ring (bicyclic) bond motifs is 2. The summed E-state index contributed by atoms with van der Waals surface area (Å²) in [5, 5.41) is 18.0. The number of benzene rings is 3. The minimum Gasteiger partial charge on any atom is -0.423 e. The molecule has 0 aliphatic rings. The summed E-state index contributed by atoms with van der Waals surface area (Å²) < 4.78 is 1.80. The summed E-state index contributed by atoms with van der Waals surface area (Å²) in [6.07, 6.45) is 2.79. The topological polar surface area (TPSA) is 156 Å². The van der Waals surface area contributed by atoms with Crippen molar-refractivity contribution in [2.75, 3.05) is 46.6 Å². The van der Waals surface area contributed by atoms with Crippen molar-refractivity contribution in [2.24, 2.45) is 0 Å². The Kier molecular flexibility index (Phi) is 13.7. The number of nitrogens with one attached hydrogen (secondary N) is 2. The Hall–Kier alpha value is -6.96. The van der Waals surface area contributed by atoms with Crippen LogP contribution in [0.3, 0.4) is 0 Å². The summed E-state index contributed by atoms with van der Waals surface area (Å²) in [7, 11) is 0. The highest BCUT2D eigenvalue weighted by molar-refractivity contribution is 5.91. The first-order valence-corrected chi connectivity index (χ1v) is 19.9. The van der Waals surface area contributed by atoms with Crippen LogP contribution in [0.4, 0.5) is 22.7 Å². The third-order valence-corrected chi connectivity index (χ3v) is 10.2. The fourth-order valence-electron chi connectivity index (χ4n) is 6.93. The van der Waals surface area contributed by atoms with E-state index in [4.69, 9.17) is 4.84 Å². The molecule has 0 bridgehead atoms. The van der Waals surface area contributed by atoms with Gasteiger partial charge in [-0.25, -0.2) is 19.9 Å². The third-order valence-electron chi connectivity index (χ3n) is 10.2. The highest BCUT2D eigenvalue weighted by atomic mass is 16.7. The molecule has 0 atom stereocenters. The number of nitrogens with zero attached hydrogens (tertiary/aromatic N) is 8. The van der Waals surface area contributed by atoms with Crippen LogP contribution in [0.25, 0.3) is 22.1 Å². The van der Waals surface area contributed by atoms with Gasteiger partial charge in [-0.1, -0.05) is 54.6 Å². The average Bonchev–Trinajstić information content (AvgIpc) is 3.25. The molecule has 59 heavy (non-hydrogen) atoms. The van der Waals surface area contributed by atoms with Gasteiger partial charge in [0.15, 0.2) is 11.3 Å². The Morgan fingerprint density at radius 3 is 1.54 bits per heavy atom. The summed E-state index contributed by atoms with van der Waals surface area (Å²) in [5.41, 5.74) is 8.19. The molecule has 14 heteroatoms. The molecule has 0 fully saturated rings. The summed E-state index contributed by atoms with van der Waals surface area (Å²) in [4.78, 5) is 52.2. The molecule has 7 rings (SSSR count). The predicted octanol–water partition coefficient (Wildman–Crippen LogP) is 6.98. The lowest BCUT2D eigenvalue weighted by Gasteiger charge is -2.21. The van der Waals surface area contributed by atoms with Crippen LogP contribution in [0.1, 0.15) is 55.8 Å². The van der Waals surface area contributed by atoms with Gasteiger partial charge in [-0.05, 0) is 82.5 Å². The number of hydrogen-bond donors (Lipinski definition) is 3. The molecule has 0 radical (unpaired) electrons. The van der Waals surface area contributed by atoms with Crippen molar-refractivity contribution in [3.63, 3.8) is 0 Å². The van der Waals surface area contributed by atoms with E-state index >= 15 is 0 Å². The van der Waals surface area contributed by atoms with E-state index < -0.39 is 5.56 Å². The van der Waals surface area contributed by atoms with Crippen LogP contribution in [0.5, 0.6) is 0 Å². The molecule has 0 saturated carbocycles. The second-order valence-electron chi connectivity index (χ2n) is 13.9. The second-order valence-corrected chi connectivity index (χ2v) is 13.9. The first-order valence-electron chi connectivity index (χ1n) is 19.9. The van der Waals surface area contributed by atoms with Crippen molar-refractivity contribution in [1.82, 2.24) is 29.4 Å². The number of anilines is 4. The van der Waals surface area contributed by atoms with E-state index in [0.717, 1.165) is 53.9 Å². The zero-order chi connectivity index (χ0) is 41.9. The fourth-order valence-corrected chi connectivity index (χ4v) is 6.93. The van der Waals surface area contributed by atoms with Crippen LogP contribution in [-0.4, -0.2) is 60.8 Å². The predicted molar refractivity (Wildman–Crippen MR) is 236 cm³/mol. The summed E-state index contributed by atoms with van der Waals surface area (Å²) >= 11 is 0. The van der Waals surface area contributed by atoms with Crippen molar-refractivity contribution in [2.45, 2.75) is 61.2 Å². The molecule has 3 N–H and O–H groups in total. The lowest BCUT2D eigenvalue weighted by molar-refractivity contribution is 0.0979. The molecular formula is C45H52N10O4. The Bertz CT molecular complexity index is 2590. The van der Waals surface area contributed by atoms with E-state index in [9.17, 15) is 14.8 Å². The number of aryl methyl sites for hydroxylation is 2. The molecule has 4 heterocycles. The van der Waals surface area contributed by atoms with Gasteiger partial charge in [-0.15, -0.1) is 9.46 Å². The molecule has 0 aliphatic carbocycles. The van der Waals surface area contributed by atoms with Crippen LogP contribution < -0.4 is 36.4 Å². The van der Waals surface area contributed by atoms with Crippen molar-refractivity contribution in [1.29, 1.82) is 0 Å². The van der Waals surface area contributed by atoms with Gasteiger partial charge < -0.3 is 30.5 Å². The molecule has 3 aromatic carbocycles. The minimum atomic E-state index is -0.532. The van der Waals surface area contributed by atoms with Crippen LogP contribution in [0, 0.1) is 13.8 Å². The lowest BCUT2D eigenvalue weighted by atomic mass is 10.1. The maximum atomic E-state index is 12.9. The van der Waals surface area contributed by atoms with Crippen molar-refractivity contribution in [3.8, 4) is 0 Å². The SMILES string of the molecule is CCN(CC)c1ccc(CNc2cc(=O)n(O)c3ncnc(C)c23)cc1.CCN(CC)c1ccc(CNc2cc(=O)n(OCc3ccccc3)c3ncnc(C)c23)cc1. The molecule has 7 aromatic rings. The number of pyridine rings is 2. The van der Waals surface area contributed by atoms with E-state index in [1.54, 1.807) is 6.07 Å². The standard InChI is InChI=1S/C26H29N5O2.C19H23N5O2/c1-4-30(5-2)22-13-11-20(12-14-22)16-27-23-15-24(32)31(26-25(23)19(3)28-18-29-26)33-17-21-9-7-6-8-10-21;1-4-23(5-2)15-8-6-14(7-9-15)11-20-16-10-17(25)24(26)19-18(16)13(3)21-12-22-19/h6-15,18,27H,4-5,16-17H2,1-3H3;6-10,12,20,26H,4-5,11H2,1-3H3. The maximum absolute atomic E-state index is 12.9. The van der Waals surface area contributed by atoms with Crippen molar-refractivity contribution < 1.29 is 10.0 Å². The van der Waals surface area contributed by atoms with Crippen LogP contribution in [0.2, 0.25) is 0 Å². The van der Waals surface area contributed by atoms with Gasteiger partial charge in [0.25, 0.3) is 11.1 Å². The monoisotopic (exact) mass is 796 g/mol. The highest BCUT2D eigenvalue weighted by Crippen LogP contribution is 2.25. The van der Waals surface area contributed by atoms with Crippen molar-refractivity contribution in [3.05, 3.63) is 152 Å². The summed E-state index contributed by atoms with van der Waals surface area (Å²) in [6, 6.07) is 29.5. The van der Waals surface area contributed by atoms with Gasteiger partial charge in [0, 0.05) is 62.8 Å². The zero-order valence-corrected chi connectivity index (χ0v) is 34.5. The first-order chi connectivity index (χ1) is 28.6. The van der Waals surface area contributed by atoms with E-state index in [1.165, 1.54) is 34.8 Å². The molecule has 0 aliphatic heterocycles. The summed E-state index contributed by atoms with van der Waals surface area (Å²) in [6.45, 7) is 17.6. The normalized spacial score (nSPS) is 10.9. The van der Waals surface area contributed by atoms with Gasteiger partial charge in [-0.2, -0.15) is 0 Å². The zero-order valence-electron chi connectivity index (χ0n) is 34.5. The molecular weight excluding hydrogens is 745 g/mol. The molecule has 4 aromatic heterocycles. The Balaban J connectivity index is 0.000000204. The van der Waals surface area contributed by atoms with E-state index in [2.05, 4.69) is 117 Å². The maximum Gasteiger partial charge on any atom is 0.287 e. The van der Waals surface area contributed by atoms with Gasteiger partial charge in [0.2, 0.25) is 0 Å². The van der Waals surface area contributed by atoms with E-state index in [1.807, 2.05) is 44.2 Å². The van der Waals surface area contributed by atoms with Crippen molar-refractivity contribution >= 4 is 44.8 Å². The molecule has 0 amide bonds. The molecule has 0 saturated heterocycles. The van der Waals surface area contributed by atoms with Gasteiger partial charge in [0.1, 0.15) is 19.3 Å². The molecule has 14 nitrogen and oxygen atoms in total.